The Morgan fingerprint density at radius 1 is 1.14 bits per heavy atom. The fourth-order valence-electron chi connectivity index (χ4n) is 4.82. The number of ether oxygens (including phenoxy) is 1. The van der Waals surface area contributed by atoms with E-state index in [4.69, 9.17) is 10.5 Å². The van der Waals surface area contributed by atoms with Crippen LogP contribution in [0.5, 0.6) is 0 Å². The van der Waals surface area contributed by atoms with Gasteiger partial charge >= 0.3 is 0 Å². The van der Waals surface area contributed by atoms with Gasteiger partial charge in [-0.05, 0) is 24.1 Å². The van der Waals surface area contributed by atoms with E-state index in [1.165, 1.54) is 5.56 Å². The first-order valence-corrected chi connectivity index (χ1v) is 12.4. The average Bonchev–Trinajstić information content (AvgIpc) is 3.36. The number of hydrogen-bond acceptors (Lipinski definition) is 7. The summed E-state index contributed by atoms with van der Waals surface area (Å²) in [7, 11) is 0. The molecule has 2 amide bonds. The average molecular weight is 481 g/mol. The molecule has 2 aromatic rings. The third-order valence-electron chi connectivity index (χ3n) is 6.75. The number of nitrogens with two attached hydrogens (primary N) is 1. The highest BCUT2D eigenvalue weighted by atomic mass is 16.5. The smallest absolute Gasteiger partial charge is 0.256 e. The van der Waals surface area contributed by atoms with Gasteiger partial charge in [-0.25, -0.2) is 0 Å². The van der Waals surface area contributed by atoms with Gasteiger partial charge in [-0.2, -0.15) is 0 Å². The lowest BCUT2D eigenvalue weighted by Gasteiger charge is -2.33. The van der Waals surface area contributed by atoms with E-state index in [2.05, 4.69) is 32.2 Å². The third-order valence-corrected chi connectivity index (χ3v) is 6.75. The molecule has 2 aliphatic rings. The van der Waals surface area contributed by atoms with Gasteiger partial charge in [0.05, 0.1) is 18.8 Å². The topological polar surface area (TPSA) is 104 Å². The lowest BCUT2D eigenvalue weighted by molar-refractivity contribution is -0.124. The molecular weight excluding hydrogens is 444 g/mol. The van der Waals surface area contributed by atoms with Crippen LogP contribution in [0.25, 0.3) is 0 Å². The number of nitrogens with one attached hydrogen (secondary N) is 1. The first-order valence-electron chi connectivity index (χ1n) is 12.4. The molecule has 2 unspecified atom stereocenters. The second-order valence-corrected chi connectivity index (χ2v) is 9.09. The van der Waals surface area contributed by atoms with Crippen LogP contribution in [0.3, 0.4) is 0 Å². The monoisotopic (exact) mass is 480 g/mol. The lowest BCUT2D eigenvalue weighted by Crippen LogP contribution is -2.47. The van der Waals surface area contributed by atoms with Gasteiger partial charge in [0.15, 0.2) is 0 Å². The van der Waals surface area contributed by atoms with Crippen molar-refractivity contribution in [1.29, 1.82) is 0 Å². The van der Waals surface area contributed by atoms with Gasteiger partial charge in [0.25, 0.3) is 5.91 Å². The Balaban J connectivity index is 1.53. The molecule has 0 spiro atoms. The molecule has 2 atom stereocenters. The zero-order valence-electron chi connectivity index (χ0n) is 20.2. The van der Waals surface area contributed by atoms with E-state index in [0.717, 1.165) is 45.9 Å². The van der Waals surface area contributed by atoms with E-state index >= 15 is 0 Å². The number of pyridine rings is 1. The Labute approximate surface area is 207 Å². The fourth-order valence-corrected chi connectivity index (χ4v) is 4.82. The van der Waals surface area contributed by atoms with Crippen molar-refractivity contribution in [2.75, 3.05) is 59.0 Å². The summed E-state index contributed by atoms with van der Waals surface area (Å²) in [6, 6.07) is 13.4. The van der Waals surface area contributed by atoms with Gasteiger partial charge in [0.2, 0.25) is 5.91 Å². The first-order chi connectivity index (χ1) is 17.2. The van der Waals surface area contributed by atoms with Crippen LogP contribution in [0.15, 0.2) is 54.9 Å². The Kier molecular flexibility index (Phi) is 9.19. The zero-order valence-corrected chi connectivity index (χ0v) is 20.2. The molecule has 9 heteroatoms. The van der Waals surface area contributed by atoms with Crippen LogP contribution in [-0.4, -0.2) is 103 Å². The third kappa shape index (κ3) is 6.85. The summed E-state index contributed by atoms with van der Waals surface area (Å²) in [5.41, 5.74) is 7.32. The van der Waals surface area contributed by atoms with Crippen LogP contribution in [0, 0.1) is 0 Å². The van der Waals surface area contributed by atoms with Gasteiger partial charge in [0.1, 0.15) is 6.04 Å². The van der Waals surface area contributed by atoms with Crippen molar-refractivity contribution in [2.24, 2.45) is 5.73 Å². The zero-order chi connectivity index (χ0) is 24.5. The summed E-state index contributed by atoms with van der Waals surface area (Å²) in [4.78, 5) is 37.1. The number of morpholine rings is 1. The van der Waals surface area contributed by atoms with Crippen LogP contribution >= 0.6 is 0 Å². The van der Waals surface area contributed by atoms with E-state index < -0.39 is 6.04 Å². The Morgan fingerprint density at radius 2 is 1.94 bits per heavy atom. The van der Waals surface area contributed by atoms with Crippen molar-refractivity contribution >= 4 is 11.8 Å². The van der Waals surface area contributed by atoms with Gasteiger partial charge in [-0.15, -0.1) is 0 Å². The molecule has 0 aliphatic carbocycles. The fraction of sp³-hybridized carbons (Fsp3) is 0.500. The predicted molar refractivity (Wildman–Crippen MR) is 134 cm³/mol. The standard InChI is InChI=1S/C26H36N6O3/c27-8-10-29-25(33)24-17-23(20-32(24)26(34)22-7-4-9-28-18-22)31(19-21-5-2-1-3-6-21)12-11-30-13-15-35-16-14-30/h1-7,9,18,23-24H,8,10-17,19-20,27H2,(H,29,33). The Morgan fingerprint density at radius 3 is 2.66 bits per heavy atom. The van der Waals surface area contributed by atoms with E-state index in [1.54, 1.807) is 29.4 Å². The molecule has 3 heterocycles. The summed E-state index contributed by atoms with van der Waals surface area (Å²) in [5.74, 6) is -0.315. The Hall–Kier alpha value is -2.85. The van der Waals surface area contributed by atoms with E-state index in [0.29, 0.717) is 31.6 Å². The molecule has 2 aliphatic heterocycles. The Bertz CT molecular complexity index is 939. The van der Waals surface area contributed by atoms with Crippen LogP contribution in [0.1, 0.15) is 22.3 Å². The van der Waals surface area contributed by atoms with Gasteiger partial charge < -0.3 is 20.7 Å². The molecular formula is C26H36N6O3. The number of likely N-dealkylation sites (tertiary alicyclic amines) is 1. The molecule has 0 radical (unpaired) electrons. The lowest BCUT2D eigenvalue weighted by atomic mass is 10.1. The molecule has 9 nitrogen and oxygen atoms in total. The van der Waals surface area contributed by atoms with Crippen molar-refractivity contribution in [3.63, 3.8) is 0 Å². The molecule has 35 heavy (non-hydrogen) atoms. The summed E-state index contributed by atoms with van der Waals surface area (Å²) < 4.78 is 5.50. The quantitative estimate of drug-likeness (QED) is 0.513. The van der Waals surface area contributed by atoms with Crippen LogP contribution in [-0.2, 0) is 16.1 Å². The molecule has 2 fully saturated rings. The summed E-state index contributed by atoms with van der Waals surface area (Å²) in [6.07, 6.45) is 3.78. The minimum Gasteiger partial charge on any atom is -0.379 e. The van der Waals surface area contributed by atoms with E-state index in [9.17, 15) is 9.59 Å². The van der Waals surface area contributed by atoms with Crippen molar-refractivity contribution < 1.29 is 14.3 Å². The summed E-state index contributed by atoms with van der Waals surface area (Å²) in [6.45, 7) is 7.17. The molecule has 1 aromatic heterocycles. The van der Waals surface area contributed by atoms with Crippen LogP contribution in [0.4, 0.5) is 0 Å². The second kappa shape index (κ2) is 12.7. The maximum Gasteiger partial charge on any atom is 0.256 e. The van der Waals surface area contributed by atoms with Gasteiger partial charge in [-0.3, -0.25) is 24.4 Å². The second-order valence-electron chi connectivity index (χ2n) is 9.09. The number of nitrogens with zero attached hydrogens (tertiary/aromatic N) is 4. The maximum atomic E-state index is 13.4. The predicted octanol–water partition coefficient (Wildman–Crippen LogP) is 0.574. The number of benzene rings is 1. The first kappa shape index (κ1) is 25.2. The van der Waals surface area contributed by atoms with Gasteiger partial charge in [-0.1, -0.05) is 30.3 Å². The molecule has 1 aromatic carbocycles. The highest BCUT2D eigenvalue weighted by molar-refractivity contribution is 5.97. The van der Waals surface area contributed by atoms with Crippen LogP contribution < -0.4 is 11.1 Å². The maximum absolute atomic E-state index is 13.4. The number of rotatable bonds is 10. The number of amides is 2. The molecule has 0 bridgehead atoms. The molecule has 4 rings (SSSR count). The SMILES string of the molecule is NCCNC(=O)C1CC(N(CCN2CCOCC2)Cc2ccccc2)CN1C(=O)c1cccnc1. The van der Waals surface area contributed by atoms with E-state index in [1.807, 2.05) is 18.2 Å². The minimum absolute atomic E-state index is 0.0606. The summed E-state index contributed by atoms with van der Waals surface area (Å²) in [5, 5.41) is 2.89. The van der Waals surface area contributed by atoms with Gasteiger partial charge in [0, 0.05) is 70.8 Å². The molecule has 2 saturated heterocycles. The highest BCUT2D eigenvalue weighted by Crippen LogP contribution is 2.26. The van der Waals surface area contributed by atoms with Crippen molar-refractivity contribution in [3.8, 4) is 0 Å². The van der Waals surface area contributed by atoms with Crippen molar-refractivity contribution in [1.82, 2.24) is 25.0 Å². The van der Waals surface area contributed by atoms with Crippen LogP contribution in [0.2, 0.25) is 0 Å². The highest BCUT2D eigenvalue weighted by Gasteiger charge is 2.42. The number of hydrogen-bond donors (Lipinski definition) is 2. The van der Waals surface area contributed by atoms with E-state index in [-0.39, 0.29) is 17.9 Å². The normalized spacial score (nSPS) is 20.8. The summed E-state index contributed by atoms with van der Waals surface area (Å²) >= 11 is 0. The van der Waals surface area contributed by atoms with Crippen molar-refractivity contribution in [2.45, 2.75) is 25.0 Å². The molecule has 188 valence electrons. The molecule has 0 saturated carbocycles. The largest absolute Gasteiger partial charge is 0.379 e. The number of carbonyl (C=O) groups excluding carboxylic acids is 2. The van der Waals surface area contributed by atoms with Crippen molar-refractivity contribution in [3.05, 3.63) is 66.0 Å². The molecule has 3 N–H and O–H groups in total. The number of carbonyl (C=O) groups is 2. The number of aromatic nitrogens is 1. The minimum atomic E-state index is -0.541.